The average Bonchev–Trinajstić information content (AvgIpc) is 2.39. The fourth-order valence-electron chi connectivity index (χ4n) is 1.65. The van der Waals surface area contributed by atoms with E-state index in [1.807, 2.05) is 11.8 Å². The van der Waals surface area contributed by atoms with Crippen molar-refractivity contribution in [1.29, 1.82) is 0 Å². The molecule has 2 N–H and O–H groups in total. The summed E-state index contributed by atoms with van der Waals surface area (Å²) in [4.78, 5) is 14.4. The summed E-state index contributed by atoms with van der Waals surface area (Å²) in [6.45, 7) is 9.07. The molecule has 7 nitrogen and oxygen atoms in total. The van der Waals surface area contributed by atoms with Gasteiger partial charge in [-0.25, -0.2) is 0 Å². The number of ether oxygens (including phenoxy) is 2. The minimum atomic E-state index is 0.168. The second kappa shape index (κ2) is 6.33. The summed E-state index contributed by atoms with van der Waals surface area (Å²) in [5.41, 5.74) is 6.73. The lowest BCUT2D eigenvalue weighted by atomic mass is 10.3. The molecule has 0 aromatic carbocycles. The molecule has 19 heavy (non-hydrogen) atoms. The van der Waals surface area contributed by atoms with Crippen LogP contribution in [-0.4, -0.2) is 47.9 Å². The SMILES string of the molecule is C=C(C)CCOc1nc(N)nc(N2CCOCC2)n1. The molecule has 1 aromatic rings. The van der Waals surface area contributed by atoms with Crippen LogP contribution in [-0.2, 0) is 4.74 Å². The molecule has 1 saturated heterocycles. The highest BCUT2D eigenvalue weighted by Gasteiger charge is 2.16. The molecule has 1 aliphatic heterocycles. The van der Waals surface area contributed by atoms with Crippen LogP contribution in [0.1, 0.15) is 13.3 Å². The molecule has 0 saturated carbocycles. The highest BCUT2D eigenvalue weighted by atomic mass is 16.5. The van der Waals surface area contributed by atoms with E-state index in [0.29, 0.717) is 25.8 Å². The van der Waals surface area contributed by atoms with Crippen molar-refractivity contribution in [3.63, 3.8) is 0 Å². The van der Waals surface area contributed by atoms with E-state index in [1.54, 1.807) is 0 Å². The fourth-order valence-corrected chi connectivity index (χ4v) is 1.65. The molecule has 1 aliphatic rings. The van der Waals surface area contributed by atoms with Crippen LogP contribution in [0.5, 0.6) is 6.01 Å². The number of aromatic nitrogens is 3. The lowest BCUT2D eigenvalue weighted by Gasteiger charge is -2.26. The number of morpholine rings is 1. The Hall–Kier alpha value is -1.89. The van der Waals surface area contributed by atoms with Crippen molar-refractivity contribution in [3.8, 4) is 6.01 Å². The third kappa shape index (κ3) is 4.06. The first-order valence-electron chi connectivity index (χ1n) is 6.26. The Kier molecular flexibility index (Phi) is 4.51. The van der Waals surface area contributed by atoms with Crippen molar-refractivity contribution in [2.45, 2.75) is 13.3 Å². The molecular weight excluding hydrogens is 246 g/mol. The average molecular weight is 265 g/mol. The second-order valence-electron chi connectivity index (χ2n) is 4.43. The van der Waals surface area contributed by atoms with Gasteiger partial charge in [0.05, 0.1) is 19.8 Å². The molecule has 7 heteroatoms. The van der Waals surface area contributed by atoms with Crippen LogP contribution in [0.3, 0.4) is 0 Å². The van der Waals surface area contributed by atoms with Gasteiger partial charge in [-0.1, -0.05) is 5.57 Å². The van der Waals surface area contributed by atoms with Gasteiger partial charge in [0.15, 0.2) is 0 Å². The van der Waals surface area contributed by atoms with Gasteiger partial charge in [-0.05, 0) is 6.92 Å². The second-order valence-corrected chi connectivity index (χ2v) is 4.43. The van der Waals surface area contributed by atoms with E-state index >= 15 is 0 Å². The molecule has 0 amide bonds. The highest BCUT2D eigenvalue weighted by molar-refractivity contribution is 5.36. The van der Waals surface area contributed by atoms with Gasteiger partial charge in [-0.2, -0.15) is 15.0 Å². The molecule has 1 aromatic heterocycles. The minimum Gasteiger partial charge on any atom is -0.463 e. The van der Waals surface area contributed by atoms with E-state index in [4.69, 9.17) is 15.2 Å². The Morgan fingerprint density at radius 2 is 2.11 bits per heavy atom. The molecular formula is C12H19N5O2. The number of nitrogen functional groups attached to an aromatic ring is 1. The molecule has 0 unspecified atom stereocenters. The van der Waals surface area contributed by atoms with E-state index in [0.717, 1.165) is 25.1 Å². The van der Waals surface area contributed by atoms with Crippen LogP contribution < -0.4 is 15.4 Å². The summed E-state index contributed by atoms with van der Waals surface area (Å²) in [6, 6.07) is 0.259. The normalized spacial score (nSPS) is 15.3. The van der Waals surface area contributed by atoms with Crippen molar-refractivity contribution in [3.05, 3.63) is 12.2 Å². The lowest BCUT2D eigenvalue weighted by Crippen LogP contribution is -2.37. The zero-order chi connectivity index (χ0) is 13.7. The first-order valence-corrected chi connectivity index (χ1v) is 6.26. The van der Waals surface area contributed by atoms with Crippen LogP contribution in [0.2, 0.25) is 0 Å². The van der Waals surface area contributed by atoms with Crippen LogP contribution in [0.25, 0.3) is 0 Å². The van der Waals surface area contributed by atoms with E-state index < -0.39 is 0 Å². The van der Waals surface area contributed by atoms with Crippen molar-refractivity contribution in [2.24, 2.45) is 0 Å². The van der Waals surface area contributed by atoms with Crippen LogP contribution >= 0.6 is 0 Å². The van der Waals surface area contributed by atoms with Crippen LogP contribution in [0.4, 0.5) is 11.9 Å². The number of anilines is 2. The minimum absolute atomic E-state index is 0.168. The van der Waals surface area contributed by atoms with Crippen molar-refractivity contribution in [1.82, 2.24) is 15.0 Å². The summed E-state index contributed by atoms with van der Waals surface area (Å²) in [5.74, 6) is 0.711. The summed E-state index contributed by atoms with van der Waals surface area (Å²) < 4.78 is 10.8. The van der Waals surface area contributed by atoms with Gasteiger partial charge in [-0.15, -0.1) is 6.58 Å². The number of nitrogens with two attached hydrogens (primary N) is 1. The molecule has 0 atom stereocenters. The molecule has 2 rings (SSSR count). The zero-order valence-corrected chi connectivity index (χ0v) is 11.1. The predicted octanol–water partition coefficient (Wildman–Crippen LogP) is 0.635. The maximum atomic E-state index is 5.68. The maximum absolute atomic E-state index is 5.68. The number of hydrogen-bond acceptors (Lipinski definition) is 7. The third-order valence-corrected chi connectivity index (χ3v) is 2.67. The zero-order valence-electron chi connectivity index (χ0n) is 11.1. The summed E-state index contributed by atoms with van der Waals surface area (Å²) >= 11 is 0. The maximum Gasteiger partial charge on any atom is 0.323 e. The van der Waals surface area contributed by atoms with E-state index in [2.05, 4.69) is 21.5 Å². The Bertz CT molecular complexity index is 446. The summed E-state index contributed by atoms with van der Waals surface area (Å²) in [7, 11) is 0. The lowest BCUT2D eigenvalue weighted by molar-refractivity contribution is 0.122. The van der Waals surface area contributed by atoms with E-state index in [-0.39, 0.29) is 12.0 Å². The molecule has 0 bridgehead atoms. The van der Waals surface area contributed by atoms with Gasteiger partial charge in [0, 0.05) is 19.5 Å². The molecule has 0 radical (unpaired) electrons. The Labute approximate surface area is 112 Å². The van der Waals surface area contributed by atoms with E-state index in [1.165, 1.54) is 0 Å². The molecule has 2 heterocycles. The molecule has 104 valence electrons. The summed E-state index contributed by atoms with van der Waals surface area (Å²) in [6.07, 6.45) is 0.762. The molecule has 1 fully saturated rings. The molecule has 0 aliphatic carbocycles. The monoisotopic (exact) mass is 265 g/mol. The first kappa shape index (κ1) is 13.5. The Morgan fingerprint density at radius 1 is 1.37 bits per heavy atom. The highest BCUT2D eigenvalue weighted by Crippen LogP contribution is 2.15. The molecule has 0 spiro atoms. The van der Waals surface area contributed by atoms with Crippen LogP contribution in [0.15, 0.2) is 12.2 Å². The first-order chi connectivity index (χ1) is 9.15. The number of hydrogen-bond donors (Lipinski definition) is 1. The third-order valence-electron chi connectivity index (χ3n) is 2.67. The van der Waals surface area contributed by atoms with Crippen LogP contribution in [0, 0.1) is 0 Å². The summed E-state index contributed by atoms with van der Waals surface area (Å²) in [5, 5.41) is 0. The van der Waals surface area contributed by atoms with Gasteiger partial charge >= 0.3 is 6.01 Å². The van der Waals surface area contributed by atoms with Gasteiger partial charge in [0.25, 0.3) is 0 Å². The van der Waals surface area contributed by atoms with E-state index in [9.17, 15) is 0 Å². The van der Waals surface area contributed by atoms with Crippen molar-refractivity contribution >= 4 is 11.9 Å². The van der Waals surface area contributed by atoms with Gasteiger partial charge in [0.2, 0.25) is 11.9 Å². The number of nitrogens with zero attached hydrogens (tertiary/aromatic N) is 4. The Balaban J connectivity index is 2.03. The van der Waals surface area contributed by atoms with Gasteiger partial charge in [0.1, 0.15) is 0 Å². The predicted molar refractivity (Wildman–Crippen MR) is 72.2 cm³/mol. The smallest absolute Gasteiger partial charge is 0.323 e. The van der Waals surface area contributed by atoms with Gasteiger partial charge < -0.3 is 20.1 Å². The van der Waals surface area contributed by atoms with Crippen molar-refractivity contribution < 1.29 is 9.47 Å². The standard InChI is InChI=1S/C12H19N5O2/c1-9(2)3-6-19-12-15-10(13)14-11(16-12)17-4-7-18-8-5-17/h1,3-8H2,2H3,(H2,13,14,15,16). The van der Waals surface area contributed by atoms with Crippen molar-refractivity contribution in [2.75, 3.05) is 43.5 Å². The number of rotatable bonds is 5. The Morgan fingerprint density at radius 3 is 2.79 bits per heavy atom. The van der Waals surface area contributed by atoms with Gasteiger partial charge in [-0.3, -0.25) is 0 Å². The largest absolute Gasteiger partial charge is 0.463 e. The quantitative estimate of drug-likeness (QED) is 0.781. The fraction of sp³-hybridized carbons (Fsp3) is 0.583. The topological polar surface area (TPSA) is 86.4 Å².